The Hall–Kier alpha value is -0.720. The Balaban J connectivity index is 1.68. The minimum absolute atomic E-state index is 0.556. The number of nitrogens with one attached hydrogen (secondary N) is 1. The highest BCUT2D eigenvalue weighted by Gasteiger charge is 2.20. The van der Waals surface area contributed by atoms with Crippen molar-refractivity contribution in [3.05, 3.63) is 33.0 Å². The van der Waals surface area contributed by atoms with E-state index in [-0.39, 0.29) is 0 Å². The van der Waals surface area contributed by atoms with E-state index >= 15 is 0 Å². The van der Waals surface area contributed by atoms with Crippen LogP contribution in [0.3, 0.4) is 0 Å². The molecule has 1 aromatic heterocycles. The molecule has 3 rings (SSSR count). The Bertz CT molecular complexity index is 581. The summed E-state index contributed by atoms with van der Waals surface area (Å²) in [6.07, 6.45) is 3.36. The first-order valence-electron chi connectivity index (χ1n) is 6.23. The molecule has 1 saturated carbocycles. The molecule has 100 valence electrons. The van der Waals surface area contributed by atoms with Gasteiger partial charge in [0, 0.05) is 28.0 Å². The van der Waals surface area contributed by atoms with Gasteiger partial charge in [0.15, 0.2) is 0 Å². The first kappa shape index (κ1) is 13.3. The van der Waals surface area contributed by atoms with Crippen LogP contribution in [0.4, 0.5) is 0 Å². The second-order valence-corrected chi connectivity index (χ2v) is 6.37. The second kappa shape index (κ2) is 5.73. The van der Waals surface area contributed by atoms with Gasteiger partial charge in [0.25, 0.3) is 0 Å². The third kappa shape index (κ3) is 3.43. The van der Waals surface area contributed by atoms with Crippen molar-refractivity contribution < 1.29 is 4.42 Å². The van der Waals surface area contributed by atoms with Gasteiger partial charge in [-0.1, -0.05) is 15.9 Å². The average Bonchev–Trinajstić information content (AvgIpc) is 3.07. The highest BCUT2D eigenvalue weighted by molar-refractivity contribution is 9.11. The Morgan fingerprint density at radius 3 is 2.84 bits per heavy atom. The zero-order chi connectivity index (χ0) is 13.2. The lowest BCUT2D eigenvalue weighted by Crippen LogP contribution is -2.19. The lowest BCUT2D eigenvalue weighted by Gasteiger charge is -2.00. The molecule has 1 aliphatic rings. The van der Waals surface area contributed by atoms with Crippen LogP contribution in [0.1, 0.15) is 18.7 Å². The fourth-order valence-electron chi connectivity index (χ4n) is 1.80. The van der Waals surface area contributed by atoms with Crippen LogP contribution in [-0.4, -0.2) is 22.8 Å². The van der Waals surface area contributed by atoms with Crippen molar-refractivity contribution in [2.24, 2.45) is 0 Å². The summed E-state index contributed by atoms with van der Waals surface area (Å²) in [5.74, 6) is 1.23. The largest absolute Gasteiger partial charge is 0.421 e. The van der Waals surface area contributed by atoms with Crippen LogP contribution in [0.2, 0.25) is 0 Å². The van der Waals surface area contributed by atoms with Gasteiger partial charge in [-0.15, -0.1) is 10.2 Å². The summed E-state index contributed by atoms with van der Waals surface area (Å²) in [5, 5.41) is 11.6. The monoisotopic (exact) mass is 385 g/mol. The van der Waals surface area contributed by atoms with E-state index in [1.54, 1.807) is 0 Å². The fraction of sp³-hybridized carbons (Fsp3) is 0.385. The maximum Gasteiger partial charge on any atom is 0.248 e. The molecule has 1 aliphatic carbocycles. The lowest BCUT2D eigenvalue weighted by molar-refractivity contribution is 0.494. The molecule has 19 heavy (non-hydrogen) atoms. The van der Waals surface area contributed by atoms with Gasteiger partial charge < -0.3 is 9.73 Å². The molecule has 1 aromatic carbocycles. The summed E-state index contributed by atoms with van der Waals surface area (Å²) in [5.41, 5.74) is 0.914. The number of halogens is 2. The number of hydrogen-bond donors (Lipinski definition) is 1. The molecule has 1 N–H and O–H groups in total. The van der Waals surface area contributed by atoms with Gasteiger partial charge in [-0.25, -0.2) is 0 Å². The molecule has 0 aliphatic heterocycles. The quantitative estimate of drug-likeness (QED) is 0.853. The SMILES string of the molecule is Brc1ccc(-c2nnc(CCNC3CC3)o2)c(Br)c1. The van der Waals surface area contributed by atoms with E-state index in [9.17, 15) is 0 Å². The maximum absolute atomic E-state index is 5.69. The third-order valence-corrected chi connectivity index (χ3v) is 4.13. The molecule has 0 radical (unpaired) electrons. The summed E-state index contributed by atoms with van der Waals surface area (Å²) in [6, 6.07) is 6.59. The third-order valence-electron chi connectivity index (χ3n) is 2.98. The summed E-state index contributed by atoms with van der Waals surface area (Å²) in [4.78, 5) is 0. The number of hydrogen-bond acceptors (Lipinski definition) is 4. The normalized spacial score (nSPS) is 14.8. The molecule has 0 amide bonds. The molecular formula is C13H13Br2N3O. The minimum Gasteiger partial charge on any atom is -0.421 e. The predicted molar refractivity (Wildman–Crippen MR) is 79.9 cm³/mol. The summed E-state index contributed by atoms with van der Waals surface area (Å²) in [7, 11) is 0. The van der Waals surface area contributed by atoms with Gasteiger partial charge in [0.05, 0.1) is 5.56 Å². The molecular weight excluding hydrogens is 374 g/mol. The Kier molecular flexibility index (Phi) is 4.00. The smallest absolute Gasteiger partial charge is 0.248 e. The molecule has 0 unspecified atom stereocenters. The number of rotatable bonds is 5. The molecule has 1 heterocycles. The van der Waals surface area contributed by atoms with Gasteiger partial charge in [-0.3, -0.25) is 0 Å². The van der Waals surface area contributed by atoms with Crippen molar-refractivity contribution in [1.29, 1.82) is 0 Å². The van der Waals surface area contributed by atoms with Crippen molar-refractivity contribution >= 4 is 31.9 Å². The van der Waals surface area contributed by atoms with Crippen LogP contribution in [0.5, 0.6) is 0 Å². The Labute approximate surface area is 128 Å². The van der Waals surface area contributed by atoms with E-state index < -0.39 is 0 Å². The summed E-state index contributed by atoms with van der Waals surface area (Å²) >= 11 is 6.93. The van der Waals surface area contributed by atoms with Gasteiger partial charge in [0.1, 0.15) is 0 Å². The van der Waals surface area contributed by atoms with E-state index in [0.717, 1.165) is 27.5 Å². The van der Waals surface area contributed by atoms with E-state index in [2.05, 4.69) is 47.4 Å². The molecule has 2 aromatic rings. The first-order valence-corrected chi connectivity index (χ1v) is 7.82. The van der Waals surface area contributed by atoms with Gasteiger partial charge >= 0.3 is 0 Å². The molecule has 1 fully saturated rings. The molecule has 0 bridgehead atoms. The van der Waals surface area contributed by atoms with Crippen molar-refractivity contribution in [2.45, 2.75) is 25.3 Å². The van der Waals surface area contributed by atoms with Crippen molar-refractivity contribution in [2.75, 3.05) is 6.54 Å². The Morgan fingerprint density at radius 1 is 1.26 bits per heavy atom. The zero-order valence-corrected chi connectivity index (χ0v) is 13.4. The predicted octanol–water partition coefficient (Wildman–Crippen LogP) is 3.56. The van der Waals surface area contributed by atoms with Crippen LogP contribution in [-0.2, 0) is 6.42 Å². The van der Waals surface area contributed by atoms with Gasteiger partial charge in [-0.2, -0.15) is 0 Å². The van der Waals surface area contributed by atoms with Gasteiger partial charge in [-0.05, 0) is 47.0 Å². The van der Waals surface area contributed by atoms with Crippen LogP contribution in [0.25, 0.3) is 11.5 Å². The van der Waals surface area contributed by atoms with Crippen LogP contribution in [0.15, 0.2) is 31.6 Å². The van der Waals surface area contributed by atoms with Gasteiger partial charge in [0.2, 0.25) is 11.8 Å². The standard InChI is InChI=1S/C13H13Br2N3O/c14-8-1-4-10(11(15)7-8)13-18-17-12(19-13)5-6-16-9-2-3-9/h1,4,7,9,16H,2-3,5-6H2. The lowest BCUT2D eigenvalue weighted by atomic mass is 10.2. The first-order chi connectivity index (χ1) is 9.22. The van der Waals surface area contributed by atoms with E-state index in [0.29, 0.717) is 17.8 Å². The Morgan fingerprint density at radius 2 is 2.11 bits per heavy atom. The highest BCUT2D eigenvalue weighted by Crippen LogP contribution is 2.29. The second-order valence-electron chi connectivity index (χ2n) is 4.60. The van der Waals surface area contributed by atoms with E-state index in [1.165, 1.54) is 12.8 Å². The molecule has 0 saturated heterocycles. The van der Waals surface area contributed by atoms with Crippen LogP contribution in [0, 0.1) is 0 Å². The van der Waals surface area contributed by atoms with E-state index in [1.807, 2.05) is 18.2 Å². The van der Waals surface area contributed by atoms with E-state index in [4.69, 9.17) is 4.42 Å². The van der Waals surface area contributed by atoms with Crippen molar-refractivity contribution in [3.8, 4) is 11.5 Å². The molecule has 4 nitrogen and oxygen atoms in total. The zero-order valence-electron chi connectivity index (χ0n) is 10.2. The number of aromatic nitrogens is 2. The minimum atomic E-state index is 0.556. The van der Waals surface area contributed by atoms with Crippen LogP contribution >= 0.6 is 31.9 Å². The fourth-order valence-corrected chi connectivity index (χ4v) is 3.01. The van der Waals surface area contributed by atoms with Crippen molar-refractivity contribution in [1.82, 2.24) is 15.5 Å². The topological polar surface area (TPSA) is 51.0 Å². The van der Waals surface area contributed by atoms with Crippen molar-refractivity contribution in [3.63, 3.8) is 0 Å². The number of nitrogens with zero attached hydrogens (tertiary/aromatic N) is 2. The number of benzene rings is 1. The molecule has 6 heteroatoms. The molecule has 0 spiro atoms. The maximum atomic E-state index is 5.69. The highest BCUT2D eigenvalue weighted by atomic mass is 79.9. The molecule has 0 atom stereocenters. The average molecular weight is 387 g/mol. The van der Waals surface area contributed by atoms with Crippen LogP contribution < -0.4 is 5.32 Å². The summed E-state index contributed by atoms with van der Waals surface area (Å²) in [6.45, 7) is 0.897. The summed E-state index contributed by atoms with van der Waals surface area (Å²) < 4.78 is 7.63.